The number of ether oxygens (including phenoxy) is 3. The Morgan fingerprint density at radius 3 is 2.54 bits per heavy atom. The third-order valence-electron chi connectivity index (χ3n) is 8.02. The molecule has 6 rings (SSSR count). The molecule has 8 heteroatoms. The van der Waals surface area contributed by atoms with Crippen molar-refractivity contribution in [3.8, 4) is 11.5 Å². The predicted molar refractivity (Wildman–Crippen MR) is 146 cm³/mol. The molecule has 1 fully saturated rings. The van der Waals surface area contributed by atoms with Crippen LogP contribution < -0.4 is 19.7 Å². The summed E-state index contributed by atoms with van der Waals surface area (Å²) < 4.78 is 16.6. The summed E-state index contributed by atoms with van der Waals surface area (Å²) in [6.07, 6.45) is 3.87. The molecule has 0 saturated carbocycles. The van der Waals surface area contributed by atoms with Crippen LogP contribution in [0.25, 0.3) is 6.08 Å². The number of hydrogen-bond donors (Lipinski definition) is 1. The Hall–Kier alpha value is -4.59. The van der Waals surface area contributed by atoms with Crippen molar-refractivity contribution in [2.45, 2.75) is 24.4 Å². The van der Waals surface area contributed by atoms with Gasteiger partial charge in [0.2, 0.25) is 5.91 Å². The summed E-state index contributed by atoms with van der Waals surface area (Å²) in [5.74, 6) is -1.67. The molecule has 3 aromatic carbocycles. The zero-order chi connectivity index (χ0) is 27.3. The summed E-state index contributed by atoms with van der Waals surface area (Å²) in [5.41, 5.74) is 1.74. The number of para-hydroxylation sites is 2. The molecule has 1 N–H and O–H groups in total. The lowest BCUT2D eigenvalue weighted by atomic mass is 9.64. The van der Waals surface area contributed by atoms with Crippen molar-refractivity contribution in [2.24, 2.45) is 5.92 Å². The first kappa shape index (κ1) is 24.7. The van der Waals surface area contributed by atoms with E-state index in [4.69, 9.17) is 14.2 Å². The lowest BCUT2D eigenvalue weighted by Crippen LogP contribution is -2.51. The second-order valence-electron chi connectivity index (χ2n) is 9.74. The van der Waals surface area contributed by atoms with Gasteiger partial charge in [-0.05, 0) is 48.4 Å². The highest BCUT2D eigenvalue weighted by molar-refractivity contribution is 6.17. The Balaban J connectivity index is 1.67. The van der Waals surface area contributed by atoms with Gasteiger partial charge >= 0.3 is 5.97 Å². The van der Waals surface area contributed by atoms with Crippen LogP contribution in [0.15, 0.2) is 72.8 Å². The molecule has 0 bridgehead atoms. The van der Waals surface area contributed by atoms with E-state index in [9.17, 15) is 14.4 Å². The maximum atomic E-state index is 14.8. The number of anilines is 2. The fraction of sp³-hybridized carbons (Fsp3) is 0.258. The molecule has 0 aliphatic carbocycles. The zero-order valence-electron chi connectivity index (χ0n) is 21.8. The number of methoxy groups -OCH3 is 2. The van der Waals surface area contributed by atoms with Crippen molar-refractivity contribution in [3.05, 3.63) is 89.5 Å². The average Bonchev–Trinajstić information content (AvgIpc) is 3.45. The third-order valence-corrected chi connectivity index (χ3v) is 8.02. The third kappa shape index (κ3) is 3.40. The molecule has 198 valence electrons. The van der Waals surface area contributed by atoms with Gasteiger partial charge in [-0.2, -0.15) is 0 Å². The first-order valence-electron chi connectivity index (χ1n) is 12.9. The summed E-state index contributed by atoms with van der Waals surface area (Å²) in [7, 11) is 2.99. The smallest absolute Gasteiger partial charge is 0.329 e. The van der Waals surface area contributed by atoms with Gasteiger partial charge in [-0.25, -0.2) is 4.79 Å². The van der Waals surface area contributed by atoms with Gasteiger partial charge in [0.05, 0.1) is 38.3 Å². The standard InChI is InChI=1S/C31H28N2O6/c1-4-39-29(35)27-26(28(34)20-17-19(37-2)14-15-24(20)38-3)31(21-10-6-7-11-22(21)32-30(31)36)25-16-13-18-9-5-8-12-23(18)33(25)27/h5-17,25-27H,4H2,1-3H3,(H,32,36)/t25-,26+,27+,31-/m1/s1. The fourth-order valence-electron chi connectivity index (χ4n) is 6.49. The van der Waals surface area contributed by atoms with Gasteiger partial charge < -0.3 is 24.4 Å². The topological polar surface area (TPSA) is 94.2 Å². The molecule has 3 aliphatic rings. The molecule has 39 heavy (non-hydrogen) atoms. The van der Waals surface area contributed by atoms with Gasteiger partial charge in [0.15, 0.2) is 5.78 Å². The monoisotopic (exact) mass is 524 g/mol. The molecule has 4 atom stereocenters. The van der Waals surface area contributed by atoms with Crippen LogP contribution in [0, 0.1) is 5.92 Å². The highest BCUT2D eigenvalue weighted by Crippen LogP contribution is 2.58. The van der Waals surface area contributed by atoms with E-state index >= 15 is 0 Å². The molecule has 0 aromatic heterocycles. The van der Waals surface area contributed by atoms with Crippen molar-refractivity contribution in [2.75, 3.05) is 31.0 Å². The van der Waals surface area contributed by atoms with Gasteiger partial charge in [0.1, 0.15) is 23.0 Å². The number of Topliss-reactive ketones (excluding diaryl/α,β-unsaturated/α-hetero) is 1. The van der Waals surface area contributed by atoms with Crippen LogP contribution in [0.2, 0.25) is 0 Å². The van der Waals surface area contributed by atoms with E-state index in [0.29, 0.717) is 22.7 Å². The van der Waals surface area contributed by atoms with Gasteiger partial charge in [-0.1, -0.05) is 48.6 Å². The van der Waals surface area contributed by atoms with E-state index in [2.05, 4.69) is 5.32 Å². The van der Waals surface area contributed by atoms with Crippen molar-refractivity contribution in [1.82, 2.24) is 0 Å². The van der Waals surface area contributed by atoms with Crippen LogP contribution in [0.1, 0.15) is 28.4 Å². The minimum atomic E-state index is -1.41. The molecular weight excluding hydrogens is 496 g/mol. The van der Waals surface area contributed by atoms with Crippen molar-refractivity contribution < 1.29 is 28.6 Å². The van der Waals surface area contributed by atoms with Crippen molar-refractivity contribution >= 4 is 35.1 Å². The van der Waals surface area contributed by atoms with Gasteiger partial charge in [0.25, 0.3) is 0 Å². The van der Waals surface area contributed by atoms with Crippen LogP contribution >= 0.6 is 0 Å². The number of hydrogen-bond acceptors (Lipinski definition) is 7. The number of ketones is 1. The molecule has 0 radical (unpaired) electrons. The van der Waals surface area contributed by atoms with E-state index in [1.165, 1.54) is 14.2 Å². The maximum Gasteiger partial charge on any atom is 0.329 e. The van der Waals surface area contributed by atoms with Crippen LogP contribution in [0.5, 0.6) is 11.5 Å². The van der Waals surface area contributed by atoms with Gasteiger partial charge in [-0.3, -0.25) is 9.59 Å². The zero-order valence-corrected chi connectivity index (χ0v) is 21.8. The summed E-state index contributed by atoms with van der Waals surface area (Å²) in [4.78, 5) is 44.8. The van der Waals surface area contributed by atoms with E-state index in [-0.39, 0.29) is 18.1 Å². The number of rotatable bonds is 6. The number of fused-ring (bicyclic) bond motifs is 6. The molecule has 8 nitrogen and oxygen atoms in total. The summed E-state index contributed by atoms with van der Waals surface area (Å²) >= 11 is 0. The minimum Gasteiger partial charge on any atom is -0.497 e. The largest absolute Gasteiger partial charge is 0.497 e. The Bertz CT molecular complexity index is 1530. The second-order valence-corrected chi connectivity index (χ2v) is 9.74. The van der Waals surface area contributed by atoms with Gasteiger partial charge in [-0.15, -0.1) is 0 Å². The number of nitrogens with one attached hydrogen (secondary N) is 1. The van der Waals surface area contributed by atoms with E-state index in [1.54, 1.807) is 25.1 Å². The molecule has 1 amide bonds. The molecule has 3 aliphatic heterocycles. The Morgan fingerprint density at radius 1 is 1.00 bits per heavy atom. The average molecular weight is 525 g/mol. The predicted octanol–water partition coefficient (Wildman–Crippen LogP) is 4.24. The number of carbonyl (C=O) groups excluding carboxylic acids is 3. The molecular formula is C31H28N2O6. The normalized spacial score (nSPS) is 24.0. The molecule has 1 saturated heterocycles. The van der Waals surface area contributed by atoms with Crippen molar-refractivity contribution in [1.29, 1.82) is 0 Å². The fourth-order valence-corrected chi connectivity index (χ4v) is 6.49. The van der Waals surface area contributed by atoms with Crippen LogP contribution in [0.3, 0.4) is 0 Å². The number of nitrogens with zero attached hydrogens (tertiary/aromatic N) is 1. The number of esters is 1. The molecule has 0 unspecified atom stereocenters. The number of benzene rings is 3. The number of amides is 1. The van der Waals surface area contributed by atoms with E-state index < -0.39 is 35.2 Å². The van der Waals surface area contributed by atoms with E-state index in [1.807, 2.05) is 65.6 Å². The van der Waals surface area contributed by atoms with Crippen LogP contribution in [-0.4, -0.2) is 50.6 Å². The molecule has 3 heterocycles. The lowest BCUT2D eigenvalue weighted by Gasteiger charge is -2.37. The lowest BCUT2D eigenvalue weighted by molar-refractivity contribution is -0.145. The highest BCUT2D eigenvalue weighted by atomic mass is 16.5. The first-order chi connectivity index (χ1) is 19.0. The minimum absolute atomic E-state index is 0.129. The quantitative estimate of drug-likeness (QED) is 0.381. The number of carbonyl (C=O) groups is 3. The highest BCUT2D eigenvalue weighted by Gasteiger charge is 2.71. The van der Waals surface area contributed by atoms with Crippen molar-refractivity contribution in [3.63, 3.8) is 0 Å². The van der Waals surface area contributed by atoms with E-state index in [0.717, 1.165) is 11.3 Å². The van der Waals surface area contributed by atoms with Crippen LogP contribution in [0.4, 0.5) is 11.4 Å². The maximum absolute atomic E-state index is 14.8. The second kappa shape index (κ2) is 9.31. The first-order valence-corrected chi connectivity index (χ1v) is 12.9. The Kier molecular flexibility index (Phi) is 5.90. The van der Waals surface area contributed by atoms with Crippen LogP contribution in [-0.2, 0) is 19.7 Å². The summed E-state index contributed by atoms with van der Waals surface area (Å²) in [6.45, 7) is 1.86. The Morgan fingerprint density at radius 2 is 1.77 bits per heavy atom. The van der Waals surface area contributed by atoms with Gasteiger partial charge in [0, 0.05) is 11.4 Å². The molecule has 3 aromatic rings. The summed E-state index contributed by atoms with van der Waals surface area (Å²) in [6, 6.07) is 18.2. The SMILES string of the molecule is CCOC(=O)[C@@H]1[C@@H](C(=O)c2cc(OC)ccc2OC)[C@]2(C(=O)Nc3ccccc32)[C@H]2C=Cc3ccccc3N12. The summed E-state index contributed by atoms with van der Waals surface area (Å²) in [5, 5.41) is 3.01. The molecule has 1 spiro atoms. The Labute approximate surface area is 226 Å².